The molecule has 0 N–H and O–H groups in total. The second-order valence-electron chi connectivity index (χ2n) is 3.28. The Bertz CT molecular complexity index is 505. The Kier molecular flexibility index (Phi) is 2.62. The molecule has 1 aliphatic heterocycles. The highest BCUT2D eigenvalue weighted by molar-refractivity contribution is 6.41. The van der Waals surface area contributed by atoms with E-state index >= 15 is 0 Å². The molecule has 0 aromatic heterocycles. The predicted octanol–water partition coefficient (Wildman–Crippen LogP) is 2.24. The van der Waals surface area contributed by atoms with Gasteiger partial charge in [-0.2, -0.15) is 0 Å². The number of rotatable bonds is 2. The van der Waals surface area contributed by atoms with Crippen molar-refractivity contribution >= 4 is 29.1 Å². The van der Waals surface area contributed by atoms with E-state index in [-0.39, 0.29) is 10.6 Å². The minimum Gasteiger partial charge on any atom is -0.269 e. The molecule has 0 saturated carbocycles. The Hall–Kier alpha value is -1.87. The van der Waals surface area contributed by atoms with E-state index in [1.807, 2.05) is 6.07 Å². The molecular weight excluding hydrogens is 226 g/mol. The summed E-state index contributed by atoms with van der Waals surface area (Å²) >= 11 is 5.63. The van der Waals surface area contributed by atoms with E-state index in [4.69, 9.17) is 11.6 Å². The SMILES string of the molecule is C=C(Cl)C1=CC(=O)N(c2ccccc2)C1=O. The molecule has 0 unspecified atom stereocenters. The molecule has 0 radical (unpaired) electrons. The highest BCUT2D eigenvalue weighted by Gasteiger charge is 2.32. The van der Waals surface area contributed by atoms with Gasteiger partial charge in [-0.15, -0.1) is 0 Å². The lowest BCUT2D eigenvalue weighted by Gasteiger charge is -2.14. The van der Waals surface area contributed by atoms with Crippen molar-refractivity contribution in [2.24, 2.45) is 0 Å². The number of carbonyl (C=O) groups is 2. The van der Waals surface area contributed by atoms with E-state index in [0.717, 1.165) is 4.90 Å². The fourth-order valence-corrected chi connectivity index (χ4v) is 1.62. The Morgan fingerprint density at radius 1 is 1.19 bits per heavy atom. The molecule has 3 nitrogen and oxygen atoms in total. The molecule has 16 heavy (non-hydrogen) atoms. The van der Waals surface area contributed by atoms with Gasteiger partial charge in [-0.05, 0) is 12.1 Å². The maximum absolute atomic E-state index is 11.8. The van der Waals surface area contributed by atoms with Gasteiger partial charge < -0.3 is 0 Å². The van der Waals surface area contributed by atoms with Crippen molar-refractivity contribution in [2.75, 3.05) is 4.90 Å². The predicted molar refractivity (Wildman–Crippen MR) is 62.0 cm³/mol. The fraction of sp³-hybridized carbons (Fsp3) is 0. The fourth-order valence-electron chi connectivity index (χ4n) is 1.49. The van der Waals surface area contributed by atoms with Gasteiger partial charge in [0.05, 0.1) is 11.3 Å². The number of hydrogen-bond acceptors (Lipinski definition) is 2. The zero-order valence-corrected chi connectivity index (χ0v) is 9.07. The van der Waals surface area contributed by atoms with E-state index in [2.05, 4.69) is 6.58 Å². The quantitative estimate of drug-likeness (QED) is 0.735. The molecule has 4 heteroatoms. The maximum atomic E-state index is 11.8. The lowest BCUT2D eigenvalue weighted by atomic mass is 10.2. The van der Waals surface area contributed by atoms with Crippen molar-refractivity contribution in [3.05, 3.63) is 53.6 Å². The van der Waals surface area contributed by atoms with Crippen LogP contribution in [0.5, 0.6) is 0 Å². The highest BCUT2D eigenvalue weighted by atomic mass is 35.5. The van der Waals surface area contributed by atoms with Crippen molar-refractivity contribution < 1.29 is 9.59 Å². The largest absolute Gasteiger partial charge is 0.269 e. The standard InChI is InChI=1S/C12H8ClNO2/c1-8(13)10-7-11(15)14(12(10)16)9-5-3-2-4-6-9/h2-7H,1H2. The lowest BCUT2D eigenvalue weighted by Crippen LogP contribution is -2.30. The van der Waals surface area contributed by atoms with E-state index in [9.17, 15) is 9.59 Å². The first-order valence-corrected chi connectivity index (χ1v) is 4.99. The molecule has 0 saturated heterocycles. The first-order valence-electron chi connectivity index (χ1n) is 4.61. The van der Waals surface area contributed by atoms with Crippen LogP contribution in [0, 0.1) is 0 Å². The van der Waals surface area contributed by atoms with Crippen LogP contribution in [0.3, 0.4) is 0 Å². The Labute approximate surface area is 97.6 Å². The summed E-state index contributed by atoms with van der Waals surface area (Å²) in [6.45, 7) is 3.45. The van der Waals surface area contributed by atoms with Crippen LogP contribution in [-0.2, 0) is 9.59 Å². The Morgan fingerprint density at radius 3 is 2.31 bits per heavy atom. The molecule has 0 aliphatic carbocycles. The van der Waals surface area contributed by atoms with Crippen molar-refractivity contribution in [3.63, 3.8) is 0 Å². The summed E-state index contributed by atoms with van der Waals surface area (Å²) in [4.78, 5) is 24.6. The van der Waals surface area contributed by atoms with E-state index in [0.29, 0.717) is 5.69 Å². The first kappa shape index (κ1) is 10.6. The number of amides is 2. The van der Waals surface area contributed by atoms with Crippen molar-refractivity contribution in [2.45, 2.75) is 0 Å². The smallest absolute Gasteiger partial charge is 0.267 e. The van der Waals surface area contributed by atoms with E-state index in [1.54, 1.807) is 24.3 Å². The number of para-hydroxylation sites is 1. The molecule has 2 rings (SSSR count). The van der Waals surface area contributed by atoms with Crippen LogP contribution in [-0.4, -0.2) is 11.8 Å². The molecule has 0 spiro atoms. The van der Waals surface area contributed by atoms with Crippen LogP contribution in [0.2, 0.25) is 0 Å². The normalized spacial score (nSPS) is 15.3. The van der Waals surface area contributed by atoms with Gasteiger partial charge >= 0.3 is 0 Å². The van der Waals surface area contributed by atoms with Crippen LogP contribution < -0.4 is 4.90 Å². The van der Waals surface area contributed by atoms with E-state index < -0.39 is 11.8 Å². The van der Waals surface area contributed by atoms with Crippen LogP contribution in [0.1, 0.15) is 0 Å². The molecule has 1 aromatic rings. The number of benzene rings is 1. The summed E-state index contributed by atoms with van der Waals surface area (Å²) in [6, 6.07) is 8.68. The molecule has 2 amide bonds. The molecule has 0 bridgehead atoms. The Morgan fingerprint density at radius 2 is 1.81 bits per heavy atom. The van der Waals surface area contributed by atoms with Gasteiger partial charge in [0.1, 0.15) is 0 Å². The summed E-state index contributed by atoms with van der Waals surface area (Å²) in [5.41, 5.74) is 0.678. The Balaban J connectivity index is 2.39. The average Bonchev–Trinajstić information content (AvgIpc) is 2.56. The van der Waals surface area contributed by atoms with Crippen molar-refractivity contribution in [1.29, 1.82) is 0 Å². The molecule has 80 valence electrons. The third kappa shape index (κ3) is 1.66. The summed E-state index contributed by atoms with van der Waals surface area (Å²) < 4.78 is 0. The minimum atomic E-state index is -0.434. The zero-order chi connectivity index (χ0) is 11.7. The molecule has 1 aliphatic rings. The van der Waals surface area contributed by atoms with Gasteiger partial charge in [0, 0.05) is 11.1 Å². The number of carbonyl (C=O) groups excluding carboxylic acids is 2. The highest BCUT2D eigenvalue weighted by Crippen LogP contribution is 2.26. The maximum Gasteiger partial charge on any atom is 0.267 e. The monoisotopic (exact) mass is 233 g/mol. The average molecular weight is 234 g/mol. The zero-order valence-electron chi connectivity index (χ0n) is 8.31. The summed E-state index contributed by atoms with van der Waals surface area (Å²) in [5.74, 6) is -0.829. The van der Waals surface area contributed by atoms with Gasteiger partial charge in [-0.1, -0.05) is 36.4 Å². The van der Waals surface area contributed by atoms with Crippen LogP contribution in [0.4, 0.5) is 5.69 Å². The number of nitrogens with zero attached hydrogens (tertiary/aromatic N) is 1. The minimum absolute atomic E-state index is 0.0804. The first-order chi connectivity index (χ1) is 7.61. The number of anilines is 1. The van der Waals surface area contributed by atoms with Gasteiger partial charge in [-0.3, -0.25) is 9.59 Å². The third-order valence-corrected chi connectivity index (χ3v) is 2.43. The van der Waals surface area contributed by atoms with Crippen molar-refractivity contribution in [3.8, 4) is 0 Å². The van der Waals surface area contributed by atoms with Crippen molar-refractivity contribution in [1.82, 2.24) is 0 Å². The van der Waals surface area contributed by atoms with Crippen LogP contribution in [0.25, 0.3) is 0 Å². The van der Waals surface area contributed by atoms with Gasteiger partial charge in [0.2, 0.25) is 0 Å². The number of halogens is 1. The third-order valence-electron chi connectivity index (χ3n) is 2.23. The molecule has 0 fully saturated rings. The lowest BCUT2D eigenvalue weighted by molar-refractivity contribution is -0.120. The van der Waals surface area contributed by atoms with Gasteiger partial charge in [0.25, 0.3) is 11.8 Å². The topological polar surface area (TPSA) is 37.4 Å². The number of imide groups is 1. The summed E-state index contributed by atoms with van der Waals surface area (Å²) in [6.07, 6.45) is 1.20. The van der Waals surface area contributed by atoms with E-state index in [1.165, 1.54) is 6.08 Å². The summed E-state index contributed by atoms with van der Waals surface area (Å²) in [7, 11) is 0. The molecule has 1 aromatic carbocycles. The van der Waals surface area contributed by atoms with Gasteiger partial charge in [0.15, 0.2) is 0 Å². The second kappa shape index (κ2) is 3.94. The summed E-state index contributed by atoms with van der Waals surface area (Å²) in [5, 5.41) is 0.0804. The molecule has 0 atom stereocenters. The second-order valence-corrected chi connectivity index (χ2v) is 3.73. The molecular formula is C12H8ClNO2. The number of hydrogen-bond donors (Lipinski definition) is 0. The molecule has 1 heterocycles. The van der Waals surface area contributed by atoms with Gasteiger partial charge in [-0.25, -0.2) is 4.90 Å². The van der Waals surface area contributed by atoms with Crippen LogP contribution in [0.15, 0.2) is 53.6 Å². The van der Waals surface area contributed by atoms with Crippen LogP contribution >= 0.6 is 11.6 Å².